The largest absolute Gasteiger partial charge is 0.489 e. The molecule has 214 valence electrons. The molecule has 0 aliphatic carbocycles. The molecule has 1 atom stereocenters. The van der Waals surface area contributed by atoms with Gasteiger partial charge in [-0.25, -0.2) is 8.42 Å². The molecule has 11 heteroatoms. The highest BCUT2D eigenvalue weighted by Gasteiger charge is 2.30. The summed E-state index contributed by atoms with van der Waals surface area (Å²) in [6.45, 7) is 5.09. The van der Waals surface area contributed by atoms with Crippen LogP contribution in [0.15, 0.2) is 72.8 Å². The number of carbonyl (C=O) groups is 2. The van der Waals surface area contributed by atoms with Gasteiger partial charge < -0.3 is 15.0 Å². The minimum atomic E-state index is -3.86. The number of sulfonamides is 1. The van der Waals surface area contributed by atoms with Crippen molar-refractivity contribution in [1.29, 1.82) is 0 Å². The standard InChI is InChI=1S/C29H33Cl2N3O5S/c1-20(2)32-29(36)21(3)33(17-23-10-15-26(30)27(31)16-23)28(35)18-34(40(4,37)38)24-11-13-25(14-12-24)39-19-22-8-6-5-7-9-22/h5-16,20-21H,17-19H2,1-4H3,(H,32,36). The molecule has 0 aliphatic rings. The summed E-state index contributed by atoms with van der Waals surface area (Å²) in [5.41, 5.74) is 1.92. The van der Waals surface area contributed by atoms with E-state index < -0.39 is 28.5 Å². The van der Waals surface area contributed by atoms with E-state index in [4.69, 9.17) is 27.9 Å². The van der Waals surface area contributed by atoms with Gasteiger partial charge in [0.05, 0.1) is 22.0 Å². The number of halogens is 2. The molecule has 1 N–H and O–H groups in total. The Hall–Kier alpha value is -3.27. The number of amides is 2. The predicted molar refractivity (Wildman–Crippen MR) is 159 cm³/mol. The Bertz CT molecular complexity index is 1420. The normalized spacial score (nSPS) is 12.1. The third-order valence-electron chi connectivity index (χ3n) is 5.99. The fourth-order valence-corrected chi connectivity index (χ4v) is 5.06. The zero-order valence-electron chi connectivity index (χ0n) is 22.8. The van der Waals surface area contributed by atoms with E-state index in [1.54, 1.807) is 49.4 Å². The van der Waals surface area contributed by atoms with Gasteiger partial charge in [0.15, 0.2) is 0 Å². The van der Waals surface area contributed by atoms with Crippen molar-refractivity contribution >= 4 is 50.7 Å². The average molecular weight is 607 g/mol. The molecule has 1 unspecified atom stereocenters. The highest BCUT2D eigenvalue weighted by atomic mass is 35.5. The van der Waals surface area contributed by atoms with Crippen LogP contribution in [0.4, 0.5) is 5.69 Å². The van der Waals surface area contributed by atoms with Crippen molar-refractivity contribution < 1.29 is 22.7 Å². The molecule has 0 spiro atoms. The molecule has 8 nitrogen and oxygen atoms in total. The van der Waals surface area contributed by atoms with Gasteiger partial charge in [-0.2, -0.15) is 0 Å². The van der Waals surface area contributed by atoms with Crippen LogP contribution < -0.4 is 14.4 Å². The third-order valence-corrected chi connectivity index (χ3v) is 7.87. The lowest BCUT2D eigenvalue weighted by atomic mass is 10.1. The molecule has 0 aromatic heterocycles. The van der Waals surface area contributed by atoms with E-state index in [0.29, 0.717) is 28.0 Å². The summed E-state index contributed by atoms with van der Waals surface area (Å²) in [5.74, 6) is -0.380. The first-order chi connectivity index (χ1) is 18.8. The monoisotopic (exact) mass is 605 g/mol. The van der Waals surface area contributed by atoms with Crippen LogP contribution in [-0.4, -0.2) is 50.0 Å². The van der Waals surface area contributed by atoms with Crippen molar-refractivity contribution in [1.82, 2.24) is 10.2 Å². The molecule has 0 bridgehead atoms. The quantitative estimate of drug-likeness (QED) is 0.303. The third kappa shape index (κ3) is 8.87. The number of nitrogens with one attached hydrogen (secondary N) is 1. The van der Waals surface area contributed by atoms with Gasteiger partial charge in [-0.15, -0.1) is 0 Å². The lowest BCUT2D eigenvalue weighted by molar-refractivity contribution is -0.139. The van der Waals surface area contributed by atoms with Crippen molar-refractivity contribution in [3.05, 3.63) is 94.0 Å². The fraction of sp³-hybridized carbons (Fsp3) is 0.310. The minimum Gasteiger partial charge on any atom is -0.489 e. The van der Waals surface area contributed by atoms with Crippen molar-refractivity contribution in [3.63, 3.8) is 0 Å². The predicted octanol–water partition coefficient (Wildman–Crippen LogP) is 5.28. The lowest BCUT2D eigenvalue weighted by Gasteiger charge is -2.32. The van der Waals surface area contributed by atoms with Crippen LogP contribution >= 0.6 is 23.2 Å². The van der Waals surface area contributed by atoms with E-state index in [0.717, 1.165) is 16.1 Å². The summed E-state index contributed by atoms with van der Waals surface area (Å²) in [6, 6.07) is 20.0. The molecule has 2 amide bonds. The first kappa shape index (κ1) is 31.3. The van der Waals surface area contributed by atoms with Crippen LogP contribution in [0, 0.1) is 0 Å². The number of hydrogen-bond acceptors (Lipinski definition) is 5. The Morgan fingerprint density at radius 2 is 1.55 bits per heavy atom. The smallest absolute Gasteiger partial charge is 0.244 e. The number of hydrogen-bond donors (Lipinski definition) is 1. The molecule has 0 saturated carbocycles. The van der Waals surface area contributed by atoms with Crippen LogP contribution in [-0.2, 0) is 32.8 Å². The van der Waals surface area contributed by atoms with Gasteiger partial charge in [0, 0.05) is 12.6 Å². The molecule has 3 aromatic rings. The Morgan fingerprint density at radius 1 is 0.900 bits per heavy atom. The second kappa shape index (κ2) is 13.9. The van der Waals surface area contributed by atoms with Gasteiger partial charge in [-0.05, 0) is 68.3 Å². The number of benzene rings is 3. The lowest BCUT2D eigenvalue weighted by Crippen LogP contribution is -2.52. The first-order valence-electron chi connectivity index (χ1n) is 12.6. The van der Waals surface area contributed by atoms with Gasteiger partial charge in [-0.1, -0.05) is 59.6 Å². The minimum absolute atomic E-state index is 0.0201. The summed E-state index contributed by atoms with van der Waals surface area (Å²) in [6.07, 6.45) is 1.03. The van der Waals surface area contributed by atoms with E-state index in [9.17, 15) is 18.0 Å². The van der Waals surface area contributed by atoms with Gasteiger partial charge in [0.25, 0.3) is 0 Å². The summed E-state index contributed by atoms with van der Waals surface area (Å²) in [5, 5.41) is 3.46. The first-order valence-corrected chi connectivity index (χ1v) is 15.2. The molecule has 0 fully saturated rings. The number of anilines is 1. The van der Waals surface area contributed by atoms with Crippen molar-refractivity contribution in [2.75, 3.05) is 17.1 Å². The molecule has 3 rings (SSSR count). The van der Waals surface area contributed by atoms with Crippen LogP contribution in [0.5, 0.6) is 5.75 Å². The Morgan fingerprint density at radius 3 is 2.12 bits per heavy atom. The van der Waals surface area contributed by atoms with Crippen LogP contribution in [0.1, 0.15) is 31.9 Å². The van der Waals surface area contributed by atoms with E-state index in [1.165, 1.54) is 4.90 Å². The summed E-state index contributed by atoms with van der Waals surface area (Å²) in [7, 11) is -3.86. The molecular weight excluding hydrogens is 573 g/mol. The van der Waals surface area contributed by atoms with Crippen LogP contribution in [0.3, 0.4) is 0 Å². The van der Waals surface area contributed by atoms with Gasteiger partial charge in [0.1, 0.15) is 24.9 Å². The zero-order valence-corrected chi connectivity index (χ0v) is 25.1. The van der Waals surface area contributed by atoms with E-state index in [-0.39, 0.29) is 24.2 Å². The van der Waals surface area contributed by atoms with Gasteiger partial charge >= 0.3 is 0 Å². The number of carbonyl (C=O) groups excluding carboxylic acids is 2. The average Bonchev–Trinajstić information content (AvgIpc) is 2.90. The van der Waals surface area contributed by atoms with Gasteiger partial charge in [-0.3, -0.25) is 13.9 Å². The topological polar surface area (TPSA) is 96.0 Å². The summed E-state index contributed by atoms with van der Waals surface area (Å²) < 4.78 is 32.4. The number of nitrogens with zero attached hydrogens (tertiary/aromatic N) is 2. The van der Waals surface area contributed by atoms with Crippen LogP contribution in [0.25, 0.3) is 0 Å². The number of rotatable bonds is 12. The highest BCUT2D eigenvalue weighted by Crippen LogP contribution is 2.25. The molecule has 0 saturated heterocycles. The second-order valence-electron chi connectivity index (χ2n) is 9.65. The van der Waals surface area contributed by atoms with E-state index >= 15 is 0 Å². The SMILES string of the molecule is CC(C)NC(=O)C(C)N(Cc1ccc(Cl)c(Cl)c1)C(=O)CN(c1ccc(OCc2ccccc2)cc1)S(C)(=O)=O. The Labute approximate surface area is 245 Å². The molecule has 0 heterocycles. The maximum atomic E-state index is 13.6. The molecule has 0 aliphatic heterocycles. The molecule has 40 heavy (non-hydrogen) atoms. The molecule has 3 aromatic carbocycles. The highest BCUT2D eigenvalue weighted by molar-refractivity contribution is 7.92. The summed E-state index contributed by atoms with van der Waals surface area (Å²) >= 11 is 12.2. The molecule has 0 radical (unpaired) electrons. The fourth-order valence-electron chi connectivity index (χ4n) is 3.89. The van der Waals surface area contributed by atoms with Crippen LogP contribution in [0.2, 0.25) is 10.0 Å². The Kier molecular flexibility index (Phi) is 10.8. The van der Waals surface area contributed by atoms with E-state index in [2.05, 4.69) is 5.32 Å². The van der Waals surface area contributed by atoms with Crippen molar-refractivity contribution in [2.24, 2.45) is 0 Å². The number of ether oxygens (including phenoxy) is 1. The molecular formula is C29H33Cl2N3O5S. The Balaban J connectivity index is 1.83. The van der Waals surface area contributed by atoms with Crippen molar-refractivity contribution in [3.8, 4) is 5.75 Å². The summed E-state index contributed by atoms with van der Waals surface area (Å²) in [4.78, 5) is 27.8. The van der Waals surface area contributed by atoms with E-state index in [1.807, 2.05) is 44.2 Å². The zero-order chi connectivity index (χ0) is 29.4. The van der Waals surface area contributed by atoms with Crippen molar-refractivity contribution in [2.45, 2.75) is 46.0 Å². The maximum Gasteiger partial charge on any atom is 0.244 e. The van der Waals surface area contributed by atoms with Gasteiger partial charge in [0.2, 0.25) is 21.8 Å². The maximum absolute atomic E-state index is 13.6. The second-order valence-corrected chi connectivity index (χ2v) is 12.4.